The number of aromatic nitrogens is 4. The molecule has 2 aromatic heterocycles. The second-order valence-electron chi connectivity index (χ2n) is 7.91. The Bertz CT molecular complexity index is 995. The smallest absolute Gasteiger partial charge is 0.225 e. The maximum absolute atomic E-state index is 6.11. The van der Waals surface area contributed by atoms with Crippen molar-refractivity contribution in [1.29, 1.82) is 0 Å². The highest BCUT2D eigenvalue weighted by atomic mass is 35.5. The molecule has 0 radical (unpaired) electrons. The Balaban J connectivity index is 1.73. The van der Waals surface area contributed by atoms with Crippen LogP contribution in [-0.4, -0.2) is 45.3 Å². The maximum Gasteiger partial charge on any atom is 0.225 e. The molecule has 1 fully saturated rings. The zero-order valence-electron chi connectivity index (χ0n) is 17.4. The molecule has 3 aromatic rings. The highest BCUT2D eigenvalue weighted by Gasteiger charge is 2.30. The standard InChI is InChI=1S/C22H27ClN6/c1-15-17(13-28(4)26-15)14-29-11-5-6-20(29)21-19(12-24-22(25-21)27(2)3)16-7-9-18(23)10-8-16/h7-10,12-13,20H,5-6,11,14H2,1-4H3. The molecule has 1 atom stereocenters. The number of anilines is 1. The minimum absolute atomic E-state index is 0.252. The van der Waals surface area contributed by atoms with Crippen molar-refractivity contribution in [2.24, 2.45) is 7.05 Å². The van der Waals surface area contributed by atoms with Gasteiger partial charge < -0.3 is 4.90 Å². The van der Waals surface area contributed by atoms with Crippen LogP contribution in [0.1, 0.15) is 35.8 Å². The minimum atomic E-state index is 0.252. The lowest BCUT2D eigenvalue weighted by Gasteiger charge is -2.26. The van der Waals surface area contributed by atoms with E-state index in [1.807, 2.05) is 61.2 Å². The summed E-state index contributed by atoms with van der Waals surface area (Å²) in [6, 6.07) is 8.19. The Morgan fingerprint density at radius 1 is 1.21 bits per heavy atom. The van der Waals surface area contributed by atoms with Crippen molar-refractivity contribution in [3.05, 3.63) is 58.6 Å². The summed E-state index contributed by atoms with van der Waals surface area (Å²) in [5, 5.41) is 5.24. The first kappa shape index (κ1) is 19.9. The van der Waals surface area contributed by atoms with E-state index < -0.39 is 0 Å². The van der Waals surface area contributed by atoms with Crippen molar-refractivity contribution in [3.63, 3.8) is 0 Å². The SMILES string of the molecule is Cc1nn(C)cc1CN1CCCC1c1nc(N(C)C)ncc1-c1ccc(Cl)cc1. The predicted molar refractivity (Wildman–Crippen MR) is 117 cm³/mol. The molecule has 1 aliphatic rings. The Morgan fingerprint density at radius 3 is 2.62 bits per heavy atom. The first-order chi connectivity index (χ1) is 13.9. The molecule has 1 saturated heterocycles. The summed E-state index contributed by atoms with van der Waals surface area (Å²) in [6.07, 6.45) is 6.32. The normalized spacial score (nSPS) is 17.1. The Kier molecular flexibility index (Phi) is 5.56. The van der Waals surface area contributed by atoms with Gasteiger partial charge in [-0.05, 0) is 44.0 Å². The fourth-order valence-corrected chi connectivity index (χ4v) is 4.18. The molecule has 7 heteroatoms. The Morgan fingerprint density at radius 2 is 1.97 bits per heavy atom. The van der Waals surface area contributed by atoms with Crippen LogP contribution in [0.15, 0.2) is 36.7 Å². The Hall–Kier alpha value is -2.44. The van der Waals surface area contributed by atoms with E-state index in [2.05, 4.69) is 28.1 Å². The van der Waals surface area contributed by atoms with E-state index in [1.54, 1.807) is 0 Å². The minimum Gasteiger partial charge on any atom is -0.347 e. The van der Waals surface area contributed by atoms with Gasteiger partial charge in [0.2, 0.25) is 5.95 Å². The topological polar surface area (TPSA) is 50.1 Å². The second kappa shape index (κ2) is 8.13. The van der Waals surface area contributed by atoms with Gasteiger partial charge >= 0.3 is 0 Å². The van der Waals surface area contributed by atoms with Crippen LogP contribution in [0.4, 0.5) is 5.95 Å². The van der Waals surface area contributed by atoms with Crippen LogP contribution in [0, 0.1) is 6.92 Å². The molecule has 29 heavy (non-hydrogen) atoms. The zero-order chi connectivity index (χ0) is 20.5. The van der Waals surface area contributed by atoms with Crippen LogP contribution in [-0.2, 0) is 13.6 Å². The number of nitrogens with zero attached hydrogens (tertiary/aromatic N) is 6. The van der Waals surface area contributed by atoms with Gasteiger partial charge in [-0.2, -0.15) is 5.10 Å². The van der Waals surface area contributed by atoms with E-state index in [0.29, 0.717) is 0 Å². The number of hydrogen-bond acceptors (Lipinski definition) is 5. The number of hydrogen-bond donors (Lipinski definition) is 0. The largest absolute Gasteiger partial charge is 0.347 e. The molecular weight excluding hydrogens is 384 g/mol. The average molecular weight is 411 g/mol. The molecule has 0 spiro atoms. The van der Waals surface area contributed by atoms with E-state index in [4.69, 9.17) is 16.6 Å². The third-order valence-electron chi connectivity index (χ3n) is 5.53. The first-order valence-corrected chi connectivity index (χ1v) is 10.3. The third kappa shape index (κ3) is 4.14. The lowest BCUT2D eigenvalue weighted by atomic mass is 9.99. The van der Waals surface area contributed by atoms with Crippen molar-refractivity contribution in [1.82, 2.24) is 24.6 Å². The fourth-order valence-electron chi connectivity index (χ4n) is 4.05. The quantitative estimate of drug-likeness (QED) is 0.629. The molecule has 0 saturated carbocycles. The van der Waals surface area contributed by atoms with Gasteiger partial charge in [0.05, 0.1) is 17.4 Å². The van der Waals surface area contributed by atoms with Crippen LogP contribution in [0.2, 0.25) is 5.02 Å². The maximum atomic E-state index is 6.11. The highest BCUT2D eigenvalue weighted by Crippen LogP contribution is 2.38. The lowest BCUT2D eigenvalue weighted by Crippen LogP contribution is -2.25. The molecule has 3 heterocycles. The predicted octanol–water partition coefficient (Wildman–Crippen LogP) is 4.24. The van der Waals surface area contributed by atoms with Crippen LogP contribution >= 0.6 is 11.6 Å². The van der Waals surface area contributed by atoms with E-state index in [1.165, 1.54) is 5.56 Å². The summed E-state index contributed by atoms with van der Waals surface area (Å²) in [5.41, 5.74) is 5.62. The number of halogens is 1. The van der Waals surface area contributed by atoms with Crippen molar-refractivity contribution < 1.29 is 0 Å². The van der Waals surface area contributed by atoms with Crippen molar-refractivity contribution in [2.75, 3.05) is 25.5 Å². The molecule has 0 bridgehead atoms. The molecule has 4 rings (SSSR count). The van der Waals surface area contributed by atoms with E-state index in [9.17, 15) is 0 Å². The van der Waals surface area contributed by atoms with Gasteiger partial charge in [0.15, 0.2) is 0 Å². The number of aryl methyl sites for hydroxylation is 2. The lowest BCUT2D eigenvalue weighted by molar-refractivity contribution is 0.244. The molecule has 152 valence electrons. The molecule has 6 nitrogen and oxygen atoms in total. The Labute approximate surface area is 177 Å². The number of rotatable bonds is 5. The molecule has 0 N–H and O–H groups in total. The number of likely N-dealkylation sites (tertiary alicyclic amines) is 1. The summed E-state index contributed by atoms with van der Waals surface area (Å²) in [6.45, 7) is 4.01. The summed E-state index contributed by atoms with van der Waals surface area (Å²) in [5.74, 6) is 0.738. The van der Waals surface area contributed by atoms with Crippen molar-refractivity contribution >= 4 is 17.5 Å². The highest BCUT2D eigenvalue weighted by molar-refractivity contribution is 6.30. The second-order valence-corrected chi connectivity index (χ2v) is 8.35. The molecule has 1 aliphatic heterocycles. The molecule has 0 amide bonds. The van der Waals surface area contributed by atoms with Crippen LogP contribution < -0.4 is 4.90 Å². The van der Waals surface area contributed by atoms with Crippen LogP contribution in [0.25, 0.3) is 11.1 Å². The fraction of sp³-hybridized carbons (Fsp3) is 0.409. The summed E-state index contributed by atoms with van der Waals surface area (Å²) in [4.78, 5) is 14.1. The van der Waals surface area contributed by atoms with Gasteiger partial charge in [-0.25, -0.2) is 9.97 Å². The summed E-state index contributed by atoms with van der Waals surface area (Å²) >= 11 is 6.11. The van der Waals surface area contributed by atoms with Crippen LogP contribution in [0.5, 0.6) is 0 Å². The van der Waals surface area contributed by atoms with Gasteiger partial charge in [-0.1, -0.05) is 23.7 Å². The third-order valence-corrected chi connectivity index (χ3v) is 5.78. The van der Waals surface area contributed by atoms with Gasteiger partial charge in [-0.3, -0.25) is 9.58 Å². The number of benzene rings is 1. The molecule has 0 aliphatic carbocycles. The monoisotopic (exact) mass is 410 g/mol. The van der Waals surface area contributed by atoms with Gasteiger partial charge in [0.25, 0.3) is 0 Å². The molecule has 1 unspecified atom stereocenters. The average Bonchev–Trinajstić information content (AvgIpc) is 3.28. The van der Waals surface area contributed by atoms with E-state index in [-0.39, 0.29) is 6.04 Å². The molecular formula is C22H27ClN6. The van der Waals surface area contributed by atoms with Crippen molar-refractivity contribution in [2.45, 2.75) is 32.4 Å². The summed E-state index contributed by atoms with van der Waals surface area (Å²) < 4.78 is 1.89. The van der Waals surface area contributed by atoms with Gasteiger partial charge in [0, 0.05) is 56.2 Å². The van der Waals surface area contributed by atoms with Gasteiger partial charge in [0.1, 0.15) is 0 Å². The zero-order valence-corrected chi connectivity index (χ0v) is 18.2. The van der Waals surface area contributed by atoms with Crippen LogP contribution in [0.3, 0.4) is 0 Å². The van der Waals surface area contributed by atoms with Crippen molar-refractivity contribution in [3.8, 4) is 11.1 Å². The molecule has 1 aromatic carbocycles. The van der Waals surface area contributed by atoms with Gasteiger partial charge in [-0.15, -0.1) is 0 Å². The summed E-state index contributed by atoms with van der Waals surface area (Å²) in [7, 11) is 5.93. The van der Waals surface area contributed by atoms with E-state index in [0.717, 1.165) is 59.4 Å². The first-order valence-electron chi connectivity index (χ1n) is 9.95. The van der Waals surface area contributed by atoms with E-state index >= 15 is 0 Å².